The lowest BCUT2D eigenvalue weighted by Gasteiger charge is -2.46. The van der Waals surface area contributed by atoms with Crippen LogP contribution in [0.5, 0.6) is 0 Å². The highest BCUT2D eigenvalue weighted by atomic mass is 16.5. The van der Waals surface area contributed by atoms with Crippen LogP contribution >= 0.6 is 0 Å². The van der Waals surface area contributed by atoms with E-state index in [1.807, 2.05) is 0 Å². The zero-order valence-electron chi connectivity index (χ0n) is 8.59. The molecule has 8 nitrogen and oxygen atoms in total. The van der Waals surface area contributed by atoms with Gasteiger partial charge in [0.2, 0.25) is 5.79 Å². The second kappa shape index (κ2) is 2.58. The molecule has 0 aliphatic carbocycles. The van der Waals surface area contributed by atoms with E-state index in [0.29, 0.717) is 19.0 Å². The van der Waals surface area contributed by atoms with E-state index in [0.717, 1.165) is 0 Å². The summed E-state index contributed by atoms with van der Waals surface area (Å²) in [5, 5.41) is 23.0. The van der Waals surface area contributed by atoms with Gasteiger partial charge in [-0.15, -0.1) is 0 Å². The van der Waals surface area contributed by atoms with Crippen LogP contribution in [0.2, 0.25) is 0 Å². The molecule has 1 fully saturated rings. The van der Waals surface area contributed by atoms with Gasteiger partial charge in [0.15, 0.2) is 17.6 Å². The third-order valence-corrected chi connectivity index (χ3v) is 3.52. The number of hydrogen-bond donors (Lipinski definition) is 5. The van der Waals surface area contributed by atoms with Gasteiger partial charge in [-0.2, -0.15) is 0 Å². The number of aliphatic imine (C=N–C) groups is 2. The summed E-state index contributed by atoms with van der Waals surface area (Å²) >= 11 is 0. The molecule has 1 saturated heterocycles. The molecule has 0 saturated carbocycles. The monoisotopic (exact) mass is 226 g/mol. The van der Waals surface area contributed by atoms with E-state index < -0.39 is 17.5 Å². The van der Waals surface area contributed by atoms with Crippen LogP contribution in [0, 0.1) is 0 Å². The molecule has 0 aromatic heterocycles. The molecule has 88 valence electrons. The Balaban J connectivity index is 2.12. The number of rotatable bonds is 0. The molecule has 2 atom stereocenters. The summed E-state index contributed by atoms with van der Waals surface area (Å²) in [5.74, 6) is -1.43. The molecule has 3 rings (SSSR count). The van der Waals surface area contributed by atoms with Gasteiger partial charge in [-0.3, -0.25) is 4.99 Å². The number of hydrogen-bond acceptors (Lipinski definition) is 8. The van der Waals surface area contributed by atoms with Crippen LogP contribution in [0.3, 0.4) is 0 Å². The molecule has 16 heavy (non-hydrogen) atoms. The van der Waals surface area contributed by atoms with E-state index in [1.165, 1.54) is 0 Å². The minimum atomic E-state index is -1.91. The number of nitrogens with one attached hydrogen (secondary N) is 1. The van der Waals surface area contributed by atoms with Gasteiger partial charge < -0.3 is 31.9 Å². The molecule has 0 bridgehead atoms. The van der Waals surface area contributed by atoms with Gasteiger partial charge in [-0.1, -0.05) is 0 Å². The largest absolute Gasteiger partial charge is 0.370 e. The number of aliphatic hydroxyl groups is 2. The van der Waals surface area contributed by atoms with Crippen molar-refractivity contribution in [3.63, 3.8) is 0 Å². The lowest BCUT2D eigenvalue weighted by atomic mass is 9.91. The van der Waals surface area contributed by atoms with Gasteiger partial charge in [-0.05, 0) is 0 Å². The van der Waals surface area contributed by atoms with E-state index >= 15 is 0 Å². The Morgan fingerprint density at radius 3 is 2.94 bits per heavy atom. The van der Waals surface area contributed by atoms with Crippen LogP contribution in [0.4, 0.5) is 0 Å². The minimum Gasteiger partial charge on any atom is -0.370 e. The van der Waals surface area contributed by atoms with Crippen molar-refractivity contribution in [1.82, 2.24) is 10.2 Å². The Hall–Kier alpha value is -1.54. The molecule has 8 heteroatoms. The molecular weight excluding hydrogens is 212 g/mol. The lowest BCUT2D eigenvalue weighted by Crippen LogP contribution is -2.74. The Kier molecular flexibility index (Phi) is 1.56. The lowest BCUT2D eigenvalue weighted by molar-refractivity contribution is -0.218. The third-order valence-electron chi connectivity index (χ3n) is 3.52. The fourth-order valence-electron chi connectivity index (χ4n) is 2.77. The molecule has 7 N–H and O–H groups in total. The van der Waals surface area contributed by atoms with Crippen molar-refractivity contribution in [2.45, 2.75) is 23.9 Å². The highest BCUT2D eigenvalue weighted by molar-refractivity contribution is 5.86. The zero-order valence-corrected chi connectivity index (χ0v) is 8.59. The summed E-state index contributed by atoms with van der Waals surface area (Å²) in [6, 6.07) is -0.419. The number of nitrogens with zero attached hydrogens (tertiary/aromatic N) is 3. The van der Waals surface area contributed by atoms with E-state index in [4.69, 9.17) is 11.5 Å². The summed E-state index contributed by atoms with van der Waals surface area (Å²) in [7, 11) is 0. The molecule has 0 radical (unpaired) electrons. The van der Waals surface area contributed by atoms with Crippen molar-refractivity contribution in [2.75, 3.05) is 13.1 Å². The minimum absolute atomic E-state index is 0.176. The van der Waals surface area contributed by atoms with Crippen LogP contribution in [0.25, 0.3) is 0 Å². The van der Waals surface area contributed by atoms with Crippen LogP contribution in [-0.2, 0) is 0 Å². The first-order chi connectivity index (χ1) is 7.47. The summed E-state index contributed by atoms with van der Waals surface area (Å²) in [6.45, 7) is 0.716. The maximum atomic E-state index is 10.1. The molecule has 0 amide bonds. The zero-order chi connectivity index (χ0) is 11.6. The van der Waals surface area contributed by atoms with Crippen molar-refractivity contribution in [3.8, 4) is 0 Å². The van der Waals surface area contributed by atoms with Crippen molar-refractivity contribution < 1.29 is 10.2 Å². The average Bonchev–Trinajstić information content (AvgIpc) is 2.66. The summed E-state index contributed by atoms with van der Waals surface area (Å²) in [4.78, 5) is 9.87. The van der Waals surface area contributed by atoms with Gasteiger partial charge in [0, 0.05) is 13.0 Å². The molecule has 3 heterocycles. The summed E-state index contributed by atoms with van der Waals surface area (Å²) < 4.78 is 0. The first-order valence-electron chi connectivity index (χ1n) is 5.11. The SMILES string of the molecule is NC1=NC2CN=C(N)N3CCC(O)(O)[C@@]23N1. The van der Waals surface area contributed by atoms with Crippen molar-refractivity contribution >= 4 is 11.9 Å². The van der Waals surface area contributed by atoms with Gasteiger partial charge in [0.05, 0.1) is 6.54 Å². The van der Waals surface area contributed by atoms with Gasteiger partial charge in [0.1, 0.15) is 6.04 Å². The average molecular weight is 226 g/mol. The molecule has 1 unspecified atom stereocenters. The maximum Gasteiger partial charge on any atom is 0.210 e. The molecule has 0 aromatic carbocycles. The van der Waals surface area contributed by atoms with Gasteiger partial charge >= 0.3 is 0 Å². The van der Waals surface area contributed by atoms with E-state index in [-0.39, 0.29) is 12.4 Å². The predicted molar refractivity (Wildman–Crippen MR) is 56.3 cm³/mol. The smallest absolute Gasteiger partial charge is 0.210 e. The second-order valence-corrected chi connectivity index (χ2v) is 4.34. The number of nitrogens with two attached hydrogens (primary N) is 2. The Bertz CT molecular complexity index is 405. The van der Waals surface area contributed by atoms with E-state index in [1.54, 1.807) is 4.90 Å². The highest BCUT2D eigenvalue weighted by Gasteiger charge is 2.67. The standard InChI is InChI=1S/C8H14N6O2/c9-5-12-4-3-11-6(10)14-2-1-7(15,16)8(4,14)13-5/h4,15-16H,1-3H2,(H2,10,11)(H3,9,12,13)/t4?,8-/m1/s1. The molecule has 0 aromatic rings. The molecule has 3 aliphatic heterocycles. The highest BCUT2D eigenvalue weighted by Crippen LogP contribution is 2.42. The first kappa shape index (κ1) is 9.67. The van der Waals surface area contributed by atoms with Gasteiger partial charge in [0.25, 0.3) is 0 Å². The number of guanidine groups is 2. The van der Waals surface area contributed by atoms with Crippen LogP contribution in [-0.4, -0.2) is 57.6 Å². The van der Waals surface area contributed by atoms with E-state index in [2.05, 4.69) is 15.3 Å². The molecule has 3 aliphatic rings. The van der Waals surface area contributed by atoms with Crippen LogP contribution in [0.1, 0.15) is 6.42 Å². The fraction of sp³-hybridized carbons (Fsp3) is 0.750. The Morgan fingerprint density at radius 1 is 1.44 bits per heavy atom. The Labute approximate surface area is 91.6 Å². The normalized spacial score (nSPS) is 39.6. The van der Waals surface area contributed by atoms with Crippen LogP contribution < -0.4 is 16.8 Å². The third kappa shape index (κ3) is 0.866. The molecular formula is C8H14N6O2. The second-order valence-electron chi connectivity index (χ2n) is 4.34. The predicted octanol–water partition coefficient (Wildman–Crippen LogP) is -3.32. The maximum absolute atomic E-state index is 10.1. The molecule has 1 spiro atoms. The van der Waals surface area contributed by atoms with Crippen molar-refractivity contribution in [2.24, 2.45) is 21.5 Å². The first-order valence-corrected chi connectivity index (χ1v) is 5.11. The van der Waals surface area contributed by atoms with Crippen molar-refractivity contribution in [3.05, 3.63) is 0 Å². The van der Waals surface area contributed by atoms with Crippen LogP contribution in [0.15, 0.2) is 9.98 Å². The topological polar surface area (TPSA) is 132 Å². The van der Waals surface area contributed by atoms with Gasteiger partial charge in [-0.25, -0.2) is 4.99 Å². The summed E-state index contributed by atoms with van der Waals surface area (Å²) in [5.41, 5.74) is 10.2. The summed E-state index contributed by atoms with van der Waals surface area (Å²) in [6.07, 6.45) is 0.176. The van der Waals surface area contributed by atoms with Crippen molar-refractivity contribution in [1.29, 1.82) is 0 Å². The van der Waals surface area contributed by atoms with E-state index in [9.17, 15) is 10.2 Å². The quantitative estimate of drug-likeness (QED) is 0.275. The Morgan fingerprint density at radius 2 is 2.19 bits per heavy atom. The fourth-order valence-corrected chi connectivity index (χ4v) is 2.77.